The first kappa shape index (κ1) is 17.2. The molecule has 0 unspecified atom stereocenters. The van der Waals surface area contributed by atoms with E-state index in [9.17, 15) is 14.4 Å². The zero-order valence-corrected chi connectivity index (χ0v) is 12.3. The number of aliphatic carboxylic acids is 1. The summed E-state index contributed by atoms with van der Waals surface area (Å²) < 4.78 is 5.16. The van der Waals surface area contributed by atoms with Gasteiger partial charge < -0.3 is 25.0 Å². The lowest BCUT2D eigenvalue weighted by atomic mass is 10.3. The normalized spacial score (nSPS) is 14.6. The third-order valence-corrected chi connectivity index (χ3v) is 3.09. The largest absolute Gasteiger partial charge is 0.480 e. The van der Waals surface area contributed by atoms with Crippen molar-refractivity contribution in [1.29, 1.82) is 0 Å². The van der Waals surface area contributed by atoms with Crippen LogP contribution in [0.5, 0.6) is 0 Å². The Balaban J connectivity index is 2.30. The van der Waals surface area contributed by atoms with E-state index in [4.69, 9.17) is 9.84 Å². The number of morpholine rings is 1. The van der Waals surface area contributed by atoms with Gasteiger partial charge in [-0.1, -0.05) is 6.92 Å². The second kappa shape index (κ2) is 9.17. The van der Waals surface area contributed by atoms with Crippen molar-refractivity contribution >= 4 is 17.9 Å². The molecular weight excluding hydrogens is 278 g/mol. The molecule has 1 fully saturated rings. The average molecular weight is 301 g/mol. The average Bonchev–Trinajstić information content (AvgIpc) is 2.47. The van der Waals surface area contributed by atoms with Crippen molar-refractivity contribution < 1.29 is 24.2 Å². The molecule has 1 aliphatic heterocycles. The summed E-state index contributed by atoms with van der Waals surface area (Å²) in [5.74, 6) is -1.08. The highest BCUT2D eigenvalue weighted by molar-refractivity contribution is 5.81. The maximum absolute atomic E-state index is 11.9. The number of urea groups is 1. The molecule has 21 heavy (non-hydrogen) atoms. The van der Waals surface area contributed by atoms with E-state index in [1.54, 1.807) is 4.90 Å². The Morgan fingerprint density at radius 1 is 1.29 bits per heavy atom. The fraction of sp³-hybridized carbons (Fsp3) is 0.769. The van der Waals surface area contributed by atoms with Gasteiger partial charge in [-0.3, -0.25) is 9.59 Å². The summed E-state index contributed by atoms with van der Waals surface area (Å²) in [6.45, 7) is 4.34. The summed E-state index contributed by atoms with van der Waals surface area (Å²) >= 11 is 0. The van der Waals surface area contributed by atoms with Gasteiger partial charge >= 0.3 is 12.0 Å². The maximum atomic E-state index is 11.9. The molecule has 8 heteroatoms. The molecule has 1 heterocycles. The van der Waals surface area contributed by atoms with Gasteiger partial charge in [0.05, 0.1) is 13.2 Å². The summed E-state index contributed by atoms with van der Waals surface area (Å²) in [4.78, 5) is 37.3. The number of hydrogen-bond donors (Lipinski definition) is 2. The van der Waals surface area contributed by atoms with E-state index in [0.717, 1.165) is 0 Å². The minimum atomic E-state index is -1.05. The molecule has 0 aliphatic carbocycles. The molecule has 1 rings (SSSR count). The van der Waals surface area contributed by atoms with Crippen LogP contribution in [0.2, 0.25) is 0 Å². The fourth-order valence-corrected chi connectivity index (χ4v) is 2.04. The van der Waals surface area contributed by atoms with Crippen LogP contribution in [-0.4, -0.2) is 78.8 Å². The molecule has 120 valence electrons. The van der Waals surface area contributed by atoms with Gasteiger partial charge in [0, 0.05) is 32.6 Å². The van der Waals surface area contributed by atoms with Gasteiger partial charge in [0.1, 0.15) is 6.54 Å². The third-order valence-electron chi connectivity index (χ3n) is 3.09. The van der Waals surface area contributed by atoms with Crippen molar-refractivity contribution in [3.8, 4) is 0 Å². The van der Waals surface area contributed by atoms with Crippen LogP contribution in [0.15, 0.2) is 0 Å². The van der Waals surface area contributed by atoms with Crippen molar-refractivity contribution in [2.24, 2.45) is 0 Å². The molecule has 0 aromatic heterocycles. The monoisotopic (exact) mass is 301 g/mol. The van der Waals surface area contributed by atoms with Crippen LogP contribution in [0.4, 0.5) is 4.79 Å². The van der Waals surface area contributed by atoms with E-state index in [0.29, 0.717) is 39.3 Å². The van der Waals surface area contributed by atoms with Crippen LogP contribution in [-0.2, 0) is 14.3 Å². The number of ether oxygens (including phenoxy) is 1. The van der Waals surface area contributed by atoms with E-state index < -0.39 is 12.0 Å². The minimum Gasteiger partial charge on any atom is -0.480 e. The molecule has 0 atom stereocenters. The molecule has 1 aliphatic rings. The molecule has 3 amide bonds. The minimum absolute atomic E-state index is 0.0288. The molecule has 0 aromatic rings. The van der Waals surface area contributed by atoms with Gasteiger partial charge in [-0.2, -0.15) is 0 Å². The SMILES string of the molecule is CCCN(CC(=O)O)C(=O)NCCC(=O)N1CCOCC1. The van der Waals surface area contributed by atoms with Crippen molar-refractivity contribution in [3.05, 3.63) is 0 Å². The van der Waals surface area contributed by atoms with Crippen LogP contribution in [0, 0.1) is 0 Å². The van der Waals surface area contributed by atoms with Crippen molar-refractivity contribution in [2.45, 2.75) is 19.8 Å². The Labute approximate surface area is 124 Å². The zero-order valence-electron chi connectivity index (χ0n) is 12.3. The maximum Gasteiger partial charge on any atom is 0.323 e. The summed E-state index contributed by atoms with van der Waals surface area (Å²) in [5.41, 5.74) is 0. The second-order valence-electron chi connectivity index (χ2n) is 4.79. The van der Waals surface area contributed by atoms with E-state index in [2.05, 4.69) is 5.32 Å². The Bertz CT molecular complexity index is 369. The summed E-state index contributed by atoms with van der Waals surface area (Å²) in [6, 6.07) is -0.450. The Kier molecular flexibility index (Phi) is 7.52. The van der Waals surface area contributed by atoms with Gasteiger partial charge in [-0.15, -0.1) is 0 Å². The Hall–Kier alpha value is -1.83. The van der Waals surface area contributed by atoms with Gasteiger partial charge in [0.2, 0.25) is 5.91 Å². The first-order valence-electron chi connectivity index (χ1n) is 7.14. The Morgan fingerprint density at radius 3 is 2.52 bits per heavy atom. The third kappa shape index (κ3) is 6.44. The molecule has 8 nitrogen and oxygen atoms in total. The van der Waals surface area contributed by atoms with E-state index >= 15 is 0 Å². The van der Waals surface area contributed by atoms with Gasteiger partial charge in [0.15, 0.2) is 0 Å². The van der Waals surface area contributed by atoms with Crippen LogP contribution in [0.25, 0.3) is 0 Å². The van der Waals surface area contributed by atoms with E-state index in [1.807, 2.05) is 6.92 Å². The van der Waals surface area contributed by atoms with Crippen LogP contribution < -0.4 is 5.32 Å². The highest BCUT2D eigenvalue weighted by atomic mass is 16.5. The predicted octanol–water partition coefficient (Wildman–Crippen LogP) is -0.258. The van der Waals surface area contributed by atoms with Crippen LogP contribution in [0.1, 0.15) is 19.8 Å². The fourth-order valence-electron chi connectivity index (χ4n) is 2.04. The first-order chi connectivity index (χ1) is 10.0. The molecule has 2 N–H and O–H groups in total. The number of amides is 3. The first-order valence-corrected chi connectivity index (χ1v) is 7.14. The molecule has 1 saturated heterocycles. The summed E-state index contributed by atoms with van der Waals surface area (Å²) in [7, 11) is 0. The molecule has 0 spiro atoms. The second-order valence-corrected chi connectivity index (χ2v) is 4.79. The van der Waals surface area contributed by atoms with E-state index in [-0.39, 0.29) is 25.4 Å². The molecule has 0 saturated carbocycles. The topological polar surface area (TPSA) is 99.2 Å². The van der Waals surface area contributed by atoms with Gasteiger partial charge in [-0.25, -0.2) is 4.79 Å². The van der Waals surface area contributed by atoms with Crippen molar-refractivity contribution in [2.75, 3.05) is 45.9 Å². The number of carbonyl (C=O) groups excluding carboxylic acids is 2. The number of nitrogens with zero attached hydrogens (tertiary/aromatic N) is 2. The lowest BCUT2D eigenvalue weighted by Crippen LogP contribution is -2.45. The van der Waals surface area contributed by atoms with Gasteiger partial charge in [-0.05, 0) is 6.42 Å². The number of carboxylic acid groups (broad SMARTS) is 1. The number of hydrogen-bond acceptors (Lipinski definition) is 4. The lowest BCUT2D eigenvalue weighted by Gasteiger charge is -2.27. The van der Waals surface area contributed by atoms with Crippen LogP contribution >= 0.6 is 0 Å². The van der Waals surface area contributed by atoms with Crippen LogP contribution in [0.3, 0.4) is 0 Å². The van der Waals surface area contributed by atoms with Gasteiger partial charge in [0.25, 0.3) is 0 Å². The highest BCUT2D eigenvalue weighted by Gasteiger charge is 2.18. The predicted molar refractivity (Wildman–Crippen MR) is 74.9 cm³/mol. The summed E-state index contributed by atoms with van der Waals surface area (Å²) in [6.07, 6.45) is 0.881. The quantitative estimate of drug-likeness (QED) is 0.675. The highest BCUT2D eigenvalue weighted by Crippen LogP contribution is 2.00. The molecule has 0 radical (unpaired) electrons. The number of carbonyl (C=O) groups is 3. The lowest BCUT2D eigenvalue weighted by molar-refractivity contribution is -0.138. The Morgan fingerprint density at radius 2 is 1.95 bits per heavy atom. The van der Waals surface area contributed by atoms with Crippen molar-refractivity contribution in [1.82, 2.24) is 15.1 Å². The number of rotatable bonds is 7. The number of carboxylic acids is 1. The summed E-state index contributed by atoms with van der Waals surface area (Å²) in [5, 5.41) is 11.3. The van der Waals surface area contributed by atoms with Crippen molar-refractivity contribution in [3.63, 3.8) is 0 Å². The molecule has 0 bridgehead atoms. The smallest absolute Gasteiger partial charge is 0.323 e. The number of nitrogens with one attached hydrogen (secondary N) is 1. The molecule has 0 aromatic carbocycles. The zero-order chi connectivity index (χ0) is 15.7. The van der Waals surface area contributed by atoms with E-state index in [1.165, 1.54) is 4.90 Å². The molecular formula is C13H23N3O5. The standard InChI is InChI=1S/C13H23N3O5/c1-2-5-16(10-12(18)19)13(20)14-4-3-11(17)15-6-8-21-9-7-15/h2-10H2,1H3,(H,14,20)(H,18,19).